The van der Waals surface area contributed by atoms with Crippen molar-refractivity contribution in [3.05, 3.63) is 53.8 Å². The maximum absolute atomic E-state index is 14.7. The van der Waals surface area contributed by atoms with Gasteiger partial charge < -0.3 is 15.0 Å². The van der Waals surface area contributed by atoms with Crippen molar-refractivity contribution in [2.24, 2.45) is 4.99 Å². The van der Waals surface area contributed by atoms with Gasteiger partial charge in [0.25, 0.3) is 0 Å². The first-order valence-corrected chi connectivity index (χ1v) is 9.85. The molecule has 0 aromatic heterocycles. The number of carbonyl (C=O) groups is 1. The molecule has 0 bridgehead atoms. The summed E-state index contributed by atoms with van der Waals surface area (Å²) in [6, 6.07) is 12.5. The van der Waals surface area contributed by atoms with Crippen LogP contribution in [0.3, 0.4) is 0 Å². The fraction of sp³-hybridized carbons (Fsp3) is 0.364. The number of anilines is 2. The van der Waals surface area contributed by atoms with Crippen LogP contribution < -0.4 is 10.2 Å². The number of hydrogen-bond donors (Lipinski definition) is 1. The first kappa shape index (κ1) is 19.5. The molecular weight excluding hydrogens is 371 g/mol. The topological polar surface area (TPSA) is 57.2 Å². The van der Waals surface area contributed by atoms with Crippen LogP contribution in [0.15, 0.2) is 47.5 Å². The van der Waals surface area contributed by atoms with Crippen molar-refractivity contribution in [2.45, 2.75) is 5.92 Å². The van der Waals surface area contributed by atoms with Gasteiger partial charge in [0.15, 0.2) is 0 Å². The standard InChI is InChI=1S/C22H25FN4O2/c1-29-13-12-26-8-10-27(11-9-26)21-7-6-16(14-19(21)23)24-15-18-17-4-2-3-5-20(17)25-22(18)28/h2-7,14-15,18H,8-13H2,1H3,(H,25,28). The molecule has 0 spiro atoms. The Morgan fingerprint density at radius 2 is 2.00 bits per heavy atom. The Labute approximate surface area is 170 Å². The Morgan fingerprint density at radius 3 is 2.76 bits per heavy atom. The largest absolute Gasteiger partial charge is 0.383 e. The summed E-state index contributed by atoms with van der Waals surface area (Å²) in [5.41, 5.74) is 2.80. The lowest BCUT2D eigenvalue weighted by atomic mass is 10.0. The zero-order valence-corrected chi connectivity index (χ0v) is 16.5. The summed E-state index contributed by atoms with van der Waals surface area (Å²) in [4.78, 5) is 20.9. The minimum atomic E-state index is -0.450. The number of methoxy groups -OCH3 is 1. The molecule has 4 rings (SSSR count). The SMILES string of the molecule is COCCN1CCN(c2ccc(N=CC3C(=O)Nc4ccccc43)cc2F)CC1. The maximum Gasteiger partial charge on any atom is 0.237 e. The van der Waals surface area contributed by atoms with E-state index in [-0.39, 0.29) is 11.7 Å². The van der Waals surface area contributed by atoms with Crippen LogP contribution in [0.25, 0.3) is 0 Å². The van der Waals surface area contributed by atoms with Gasteiger partial charge in [0, 0.05) is 57.8 Å². The number of rotatable bonds is 6. The molecule has 0 aliphatic carbocycles. The minimum Gasteiger partial charge on any atom is -0.383 e. The number of ether oxygens (including phenoxy) is 1. The number of nitrogens with zero attached hydrogens (tertiary/aromatic N) is 3. The molecule has 2 aliphatic heterocycles. The van der Waals surface area contributed by atoms with Crippen LogP contribution in [-0.2, 0) is 9.53 Å². The third-order valence-electron chi connectivity index (χ3n) is 5.46. The number of amides is 1. The zero-order chi connectivity index (χ0) is 20.2. The number of benzene rings is 2. The van der Waals surface area contributed by atoms with Gasteiger partial charge in [-0.25, -0.2) is 4.39 Å². The number of halogens is 1. The number of para-hydroxylation sites is 1. The summed E-state index contributed by atoms with van der Waals surface area (Å²) in [5.74, 6) is -0.853. The van der Waals surface area contributed by atoms with Crippen molar-refractivity contribution in [2.75, 3.05) is 56.7 Å². The summed E-state index contributed by atoms with van der Waals surface area (Å²) in [6.07, 6.45) is 1.59. The Hall–Kier alpha value is -2.77. The molecule has 2 heterocycles. The van der Waals surface area contributed by atoms with Gasteiger partial charge >= 0.3 is 0 Å². The van der Waals surface area contributed by atoms with Crippen molar-refractivity contribution in [3.63, 3.8) is 0 Å². The van der Waals surface area contributed by atoms with Crippen molar-refractivity contribution in [1.82, 2.24) is 4.90 Å². The molecule has 0 radical (unpaired) electrons. The molecule has 1 amide bonds. The number of aliphatic imine (C=N–C) groups is 1. The second-order valence-corrected chi connectivity index (χ2v) is 7.29. The third kappa shape index (κ3) is 4.31. The van der Waals surface area contributed by atoms with Crippen LogP contribution in [0.2, 0.25) is 0 Å². The number of piperazine rings is 1. The molecule has 152 valence electrons. The molecule has 7 heteroatoms. The van der Waals surface area contributed by atoms with Gasteiger partial charge in [0.05, 0.1) is 18.0 Å². The van der Waals surface area contributed by atoms with Gasteiger partial charge in [-0.2, -0.15) is 0 Å². The van der Waals surface area contributed by atoms with E-state index in [0.717, 1.165) is 44.0 Å². The summed E-state index contributed by atoms with van der Waals surface area (Å²) in [6.45, 7) is 4.95. The van der Waals surface area contributed by atoms with Crippen LogP contribution in [0.4, 0.5) is 21.5 Å². The molecule has 2 aromatic carbocycles. The van der Waals surface area contributed by atoms with Crippen LogP contribution in [0, 0.1) is 5.82 Å². The molecule has 29 heavy (non-hydrogen) atoms. The molecule has 0 saturated carbocycles. The Morgan fingerprint density at radius 1 is 1.21 bits per heavy atom. The molecule has 1 atom stereocenters. The summed E-state index contributed by atoms with van der Waals surface area (Å²) < 4.78 is 19.8. The molecule has 1 fully saturated rings. The smallest absolute Gasteiger partial charge is 0.237 e. The van der Waals surface area contributed by atoms with E-state index in [2.05, 4.69) is 20.1 Å². The normalized spacial score (nSPS) is 19.6. The average Bonchev–Trinajstić information content (AvgIpc) is 3.06. The Kier molecular flexibility index (Phi) is 5.87. The van der Waals surface area contributed by atoms with Gasteiger partial charge in [-0.1, -0.05) is 18.2 Å². The van der Waals surface area contributed by atoms with Crippen molar-refractivity contribution in [3.8, 4) is 0 Å². The fourth-order valence-corrected chi connectivity index (χ4v) is 3.81. The van der Waals surface area contributed by atoms with Gasteiger partial charge in [-0.05, 0) is 23.8 Å². The second kappa shape index (κ2) is 8.71. The van der Waals surface area contributed by atoms with Gasteiger partial charge in [0.1, 0.15) is 11.7 Å². The van der Waals surface area contributed by atoms with E-state index in [4.69, 9.17) is 4.74 Å². The highest BCUT2D eigenvalue weighted by molar-refractivity contribution is 6.12. The van der Waals surface area contributed by atoms with E-state index >= 15 is 0 Å². The average molecular weight is 396 g/mol. The highest BCUT2D eigenvalue weighted by Crippen LogP contribution is 2.32. The van der Waals surface area contributed by atoms with Gasteiger partial charge in [0.2, 0.25) is 5.91 Å². The lowest BCUT2D eigenvalue weighted by molar-refractivity contribution is -0.115. The van der Waals surface area contributed by atoms with Gasteiger partial charge in [-0.15, -0.1) is 0 Å². The minimum absolute atomic E-state index is 0.113. The lowest BCUT2D eigenvalue weighted by Gasteiger charge is -2.36. The Bertz CT molecular complexity index is 909. The number of carbonyl (C=O) groups excluding carboxylic acids is 1. The van der Waals surface area contributed by atoms with Crippen LogP contribution in [0.5, 0.6) is 0 Å². The van der Waals surface area contributed by atoms with E-state index in [1.165, 1.54) is 6.07 Å². The third-order valence-corrected chi connectivity index (χ3v) is 5.46. The maximum atomic E-state index is 14.7. The van der Waals surface area contributed by atoms with Crippen LogP contribution >= 0.6 is 0 Å². The zero-order valence-electron chi connectivity index (χ0n) is 16.5. The summed E-state index contributed by atoms with van der Waals surface area (Å²) in [7, 11) is 1.70. The predicted octanol–water partition coefficient (Wildman–Crippen LogP) is 3.03. The first-order valence-electron chi connectivity index (χ1n) is 9.85. The number of hydrogen-bond acceptors (Lipinski definition) is 5. The van der Waals surface area contributed by atoms with Crippen LogP contribution in [-0.4, -0.2) is 63.5 Å². The molecule has 1 saturated heterocycles. The van der Waals surface area contributed by atoms with E-state index in [1.54, 1.807) is 25.5 Å². The predicted molar refractivity (Wildman–Crippen MR) is 113 cm³/mol. The molecule has 2 aromatic rings. The van der Waals surface area contributed by atoms with Crippen molar-refractivity contribution >= 4 is 29.2 Å². The summed E-state index contributed by atoms with van der Waals surface area (Å²) in [5, 5.41) is 2.84. The molecular formula is C22H25FN4O2. The van der Waals surface area contributed by atoms with E-state index in [0.29, 0.717) is 18.0 Å². The second-order valence-electron chi connectivity index (χ2n) is 7.29. The Balaban J connectivity index is 1.42. The molecule has 1 unspecified atom stereocenters. The van der Waals surface area contributed by atoms with Crippen molar-refractivity contribution < 1.29 is 13.9 Å². The molecule has 1 N–H and O–H groups in total. The number of nitrogens with one attached hydrogen (secondary N) is 1. The quantitative estimate of drug-likeness (QED) is 0.763. The highest BCUT2D eigenvalue weighted by Gasteiger charge is 2.28. The fourth-order valence-electron chi connectivity index (χ4n) is 3.81. The first-order chi connectivity index (χ1) is 14.2. The monoisotopic (exact) mass is 396 g/mol. The van der Waals surface area contributed by atoms with Gasteiger partial charge in [-0.3, -0.25) is 14.7 Å². The van der Waals surface area contributed by atoms with E-state index in [1.807, 2.05) is 24.3 Å². The number of fused-ring (bicyclic) bond motifs is 1. The lowest BCUT2D eigenvalue weighted by Crippen LogP contribution is -2.47. The van der Waals surface area contributed by atoms with Crippen molar-refractivity contribution in [1.29, 1.82) is 0 Å². The molecule has 2 aliphatic rings. The highest BCUT2D eigenvalue weighted by atomic mass is 19.1. The van der Waals surface area contributed by atoms with E-state index in [9.17, 15) is 9.18 Å². The summed E-state index contributed by atoms with van der Waals surface area (Å²) >= 11 is 0. The molecule has 6 nitrogen and oxygen atoms in total. The van der Waals surface area contributed by atoms with Crippen LogP contribution in [0.1, 0.15) is 11.5 Å². The van der Waals surface area contributed by atoms with E-state index < -0.39 is 5.92 Å².